The second-order valence-electron chi connectivity index (χ2n) is 4.80. The number of H-pyrrole nitrogens is 1. The summed E-state index contributed by atoms with van der Waals surface area (Å²) in [6, 6.07) is 1.69. The van der Waals surface area contributed by atoms with Crippen molar-refractivity contribution in [3.8, 4) is 0 Å². The van der Waals surface area contributed by atoms with Crippen LogP contribution in [0.25, 0.3) is 5.65 Å². The molecule has 7 heteroatoms. The number of nitrogens with zero attached hydrogens (tertiary/aromatic N) is 4. The fourth-order valence-electron chi connectivity index (χ4n) is 2.19. The Labute approximate surface area is 121 Å². The van der Waals surface area contributed by atoms with Gasteiger partial charge in [-0.25, -0.2) is 14.5 Å². The number of aromatic amines is 1. The molecule has 0 unspecified atom stereocenters. The first-order valence-corrected chi connectivity index (χ1v) is 6.80. The highest BCUT2D eigenvalue weighted by atomic mass is 16.1. The Morgan fingerprint density at radius 3 is 3.10 bits per heavy atom. The highest BCUT2D eigenvalue weighted by molar-refractivity contribution is 5.99. The van der Waals surface area contributed by atoms with Crippen molar-refractivity contribution in [2.45, 2.75) is 26.3 Å². The van der Waals surface area contributed by atoms with E-state index in [0.717, 1.165) is 17.9 Å². The maximum atomic E-state index is 12.4. The molecule has 0 saturated carbocycles. The lowest BCUT2D eigenvalue weighted by Crippen LogP contribution is -2.28. The van der Waals surface area contributed by atoms with Gasteiger partial charge in [-0.3, -0.25) is 4.79 Å². The average Bonchev–Trinajstić information content (AvgIpc) is 3.13. The lowest BCUT2D eigenvalue weighted by molar-refractivity contribution is 0.0935. The van der Waals surface area contributed by atoms with Crippen LogP contribution in [0.15, 0.2) is 30.9 Å². The van der Waals surface area contributed by atoms with Gasteiger partial charge in [0.25, 0.3) is 5.91 Å². The molecule has 21 heavy (non-hydrogen) atoms. The first-order valence-electron chi connectivity index (χ1n) is 6.80. The van der Waals surface area contributed by atoms with E-state index in [0.29, 0.717) is 11.2 Å². The van der Waals surface area contributed by atoms with E-state index in [-0.39, 0.29) is 11.9 Å². The van der Waals surface area contributed by atoms with Crippen LogP contribution in [0.3, 0.4) is 0 Å². The van der Waals surface area contributed by atoms with E-state index >= 15 is 0 Å². The van der Waals surface area contributed by atoms with Gasteiger partial charge in [-0.2, -0.15) is 5.10 Å². The Hall–Kier alpha value is -2.70. The Kier molecular flexibility index (Phi) is 3.39. The third-order valence-corrected chi connectivity index (χ3v) is 3.32. The zero-order valence-corrected chi connectivity index (χ0v) is 11.9. The number of rotatable bonds is 4. The summed E-state index contributed by atoms with van der Waals surface area (Å²) in [6.45, 7) is 3.87. The van der Waals surface area contributed by atoms with Gasteiger partial charge in [0, 0.05) is 24.3 Å². The van der Waals surface area contributed by atoms with Crippen LogP contribution in [0.2, 0.25) is 0 Å². The predicted octanol–water partition coefficient (Wildman–Crippen LogP) is 1.64. The number of amides is 1. The Morgan fingerprint density at radius 1 is 1.52 bits per heavy atom. The summed E-state index contributed by atoms with van der Waals surface area (Å²) in [4.78, 5) is 24.0. The van der Waals surface area contributed by atoms with Gasteiger partial charge in [0.2, 0.25) is 0 Å². The third-order valence-electron chi connectivity index (χ3n) is 3.32. The maximum Gasteiger partial charge on any atom is 0.257 e. The number of aryl methyl sites for hydroxylation is 1. The van der Waals surface area contributed by atoms with Crippen LogP contribution in [0.1, 0.15) is 41.3 Å². The first kappa shape index (κ1) is 13.3. The van der Waals surface area contributed by atoms with Crippen LogP contribution in [0.5, 0.6) is 0 Å². The lowest BCUT2D eigenvalue weighted by Gasteiger charge is -2.13. The van der Waals surface area contributed by atoms with E-state index in [1.54, 1.807) is 23.1 Å². The molecule has 2 N–H and O–H groups in total. The van der Waals surface area contributed by atoms with Gasteiger partial charge in [0.1, 0.15) is 11.4 Å². The molecule has 0 spiro atoms. The SMILES string of the molecule is CC[C@H](NC(=O)c1cnn2ccc(C)nc12)c1ncc[nH]1. The molecule has 0 aliphatic heterocycles. The number of carbonyl (C=O) groups is 1. The molecule has 3 aromatic rings. The van der Waals surface area contributed by atoms with E-state index in [9.17, 15) is 4.79 Å². The largest absolute Gasteiger partial charge is 0.347 e. The zero-order valence-electron chi connectivity index (χ0n) is 11.9. The second-order valence-corrected chi connectivity index (χ2v) is 4.80. The standard InChI is InChI=1S/C14H16N6O/c1-3-11(12-15-5-6-16-12)19-14(21)10-8-17-20-7-4-9(2)18-13(10)20/h4-8,11H,3H2,1-2H3,(H,15,16)(H,19,21)/t11-/m0/s1. The first-order chi connectivity index (χ1) is 10.2. The molecule has 3 aromatic heterocycles. The predicted molar refractivity (Wildman–Crippen MR) is 76.8 cm³/mol. The van der Waals surface area contributed by atoms with Crippen molar-refractivity contribution in [2.75, 3.05) is 0 Å². The number of nitrogens with one attached hydrogen (secondary N) is 2. The van der Waals surface area contributed by atoms with Gasteiger partial charge >= 0.3 is 0 Å². The minimum atomic E-state index is -0.202. The Bertz CT molecular complexity index is 761. The van der Waals surface area contributed by atoms with Gasteiger partial charge in [0.05, 0.1) is 12.2 Å². The van der Waals surface area contributed by atoms with E-state index in [1.165, 1.54) is 6.20 Å². The third kappa shape index (κ3) is 2.49. The van der Waals surface area contributed by atoms with Gasteiger partial charge in [-0.05, 0) is 19.4 Å². The van der Waals surface area contributed by atoms with Crippen molar-refractivity contribution >= 4 is 11.6 Å². The topological polar surface area (TPSA) is 88.0 Å². The fourth-order valence-corrected chi connectivity index (χ4v) is 2.19. The van der Waals surface area contributed by atoms with Crippen molar-refractivity contribution in [1.82, 2.24) is 29.9 Å². The molecule has 0 aliphatic rings. The van der Waals surface area contributed by atoms with Crippen LogP contribution in [-0.4, -0.2) is 30.5 Å². The molecule has 1 amide bonds. The van der Waals surface area contributed by atoms with Crippen LogP contribution in [0.4, 0.5) is 0 Å². The molecular weight excluding hydrogens is 268 g/mol. The van der Waals surface area contributed by atoms with Crippen molar-refractivity contribution in [3.05, 3.63) is 47.9 Å². The van der Waals surface area contributed by atoms with E-state index in [2.05, 4.69) is 25.4 Å². The van der Waals surface area contributed by atoms with Crippen LogP contribution >= 0.6 is 0 Å². The highest BCUT2D eigenvalue weighted by Crippen LogP contribution is 2.14. The average molecular weight is 284 g/mol. The fraction of sp³-hybridized carbons (Fsp3) is 0.286. The van der Waals surface area contributed by atoms with Crippen molar-refractivity contribution < 1.29 is 4.79 Å². The molecule has 0 radical (unpaired) electrons. The summed E-state index contributed by atoms with van der Waals surface area (Å²) in [5.74, 6) is 0.540. The number of fused-ring (bicyclic) bond motifs is 1. The molecule has 0 aliphatic carbocycles. The van der Waals surface area contributed by atoms with Crippen molar-refractivity contribution in [2.24, 2.45) is 0 Å². The van der Waals surface area contributed by atoms with Gasteiger partial charge in [-0.15, -0.1) is 0 Å². The Morgan fingerprint density at radius 2 is 2.38 bits per heavy atom. The summed E-state index contributed by atoms with van der Waals surface area (Å²) >= 11 is 0. The number of imidazole rings is 1. The molecule has 0 saturated heterocycles. The van der Waals surface area contributed by atoms with Gasteiger partial charge in [0.15, 0.2) is 5.65 Å². The molecule has 0 bridgehead atoms. The molecule has 1 atom stereocenters. The number of hydrogen-bond donors (Lipinski definition) is 2. The maximum absolute atomic E-state index is 12.4. The van der Waals surface area contributed by atoms with Crippen LogP contribution in [0, 0.1) is 6.92 Å². The number of hydrogen-bond acceptors (Lipinski definition) is 4. The van der Waals surface area contributed by atoms with E-state index in [4.69, 9.17) is 0 Å². The lowest BCUT2D eigenvalue weighted by atomic mass is 10.2. The summed E-state index contributed by atoms with van der Waals surface area (Å²) in [7, 11) is 0. The molecule has 7 nitrogen and oxygen atoms in total. The number of aromatic nitrogens is 5. The van der Waals surface area contributed by atoms with Crippen LogP contribution < -0.4 is 5.32 Å². The molecule has 0 aromatic carbocycles. The molecule has 3 rings (SSSR count). The second kappa shape index (κ2) is 5.35. The normalized spacial score (nSPS) is 12.5. The number of carbonyl (C=O) groups excluding carboxylic acids is 1. The Balaban J connectivity index is 1.88. The summed E-state index contributed by atoms with van der Waals surface area (Å²) in [5.41, 5.74) is 1.86. The van der Waals surface area contributed by atoms with Crippen LogP contribution in [-0.2, 0) is 0 Å². The monoisotopic (exact) mass is 284 g/mol. The summed E-state index contributed by atoms with van der Waals surface area (Å²) in [6.07, 6.45) is 7.48. The molecule has 3 heterocycles. The highest BCUT2D eigenvalue weighted by Gasteiger charge is 2.19. The zero-order chi connectivity index (χ0) is 14.8. The molecule has 108 valence electrons. The van der Waals surface area contributed by atoms with Gasteiger partial charge < -0.3 is 10.3 Å². The minimum absolute atomic E-state index is 0.160. The van der Waals surface area contributed by atoms with Crippen molar-refractivity contribution in [1.29, 1.82) is 0 Å². The smallest absolute Gasteiger partial charge is 0.257 e. The summed E-state index contributed by atoms with van der Waals surface area (Å²) < 4.78 is 1.59. The summed E-state index contributed by atoms with van der Waals surface area (Å²) in [5, 5.41) is 7.10. The minimum Gasteiger partial charge on any atom is -0.347 e. The molecular formula is C14H16N6O. The van der Waals surface area contributed by atoms with E-state index < -0.39 is 0 Å². The van der Waals surface area contributed by atoms with Gasteiger partial charge in [-0.1, -0.05) is 6.92 Å². The van der Waals surface area contributed by atoms with E-state index in [1.807, 2.05) is 19.9 Å². The van der Waals surface area contributed by atoms with Crippen molar-refractivity contribution in [3.63, 3.8) is 0 Å². The molecule has 0 fully saturated rings. The quantitative estimate of drug-likeness (QED) is 0.762.